The van der Waals surface area contributed by atoms with E-state index in [1.54, 1.807) is 0 Å². The Morgan fingerprint density at radius 3 is 2.71 bits per heavy atom. The molecule has 1 saturated heterocycles. The highest BCUT2D eigenvalue weighted by atomic mass is 35.5. The molecule has 1 aliphatic rings. The predicted molar refractivity (Wildman–Crippen MR) is 62.6 cm³/mol. The average Bonchev–Trinajstić information content (AvgIpc) is 2.78. The van der Waals surface area contributed by atoms with E-state index >= 15 is 0 Å². The van der Waals surface area contributed by atoms with Crippen molar-refractivity contribution in [2.45, 2.75) is 19.4 Å². The normalized spacial score (nSPS) is 15.2. The number of aromatic nitrogens is 2. The van der Waals surface area contributed by atoms with Gasteiger partial charge in [-0.3, -0.25) is 9.59 Å². The maximum atomic E-state index is 11.8. The van der Waals surface area contributed by atoms with Crippen molar-refractivity contribution >= 4 is 23.3 Å². The van der Waals surface area contributed by atoms with Gasteiger partial charge < -0.3 is 10.0 Å². The number of hydrogen-bond acceptors (Lipinski definition) is 4. The molecule has 92 valence electrons. The Balaban J connectivity index is 2.35. The topological polar surface area (TPSA) is 75.4 Å². The number of halogens is 1. The highest BCUT2D eigenvalue weighted by Gasteiger charge is 2.19. The maximum Gasteiger partial charge on any atom is 0.325 e. The molecule has 1 aromatic rings. The Labute approximate surface area is 102 Å². The van der Waals surface area contributed by atoms with Crippen molar-refractivity contribution in [1.29, 1.82) is 0 Å². The van der Waals surface area contributed by atoms with Crippen LogP contribution in [0.2, 0.25) is 5.02 Å². The fourth-order valence-electron chi connectivity index (χ4n) is 1.88. The van der Waals surface area contributed by atoms with Crippen molar-refractivity contribution in [3.8, 4) is 0 Å². The molecule has 0 atom stereocenters. The molecule has 1 N–H and O–H groups in total. The van der Waals surface area contributed by atoms with Crippen LogP contribution in [-0.4, -0.2) is 33.9 Å². The average molecular weight is 258 g/mol. The minimum Gasteiger partial charge on any atom is -0.480 e. The smallest absolute Gasteiger partial charge is 0.325 e. The second-order valence-electron chi connectivity index (χ2n) is 3.89. The lowest BCUT2D eigenvalue weighted by atomic mass is 10.4. The largest absolute Gasteiger partial charge is 0.480 e. The molecule has 1 fully saturated rings. The summed E-state index contributed by atoms with van der Waals surface area (Å²) in [7, 11) is 0. The Morgan fingerprint density at radius 2 is 2.12 bits per heavy atom. The molecule has 7 heteroatoms. The van der Waals surface area contributed by atoms with Crippen molar-refractivity contribution < 1.29 is 9.90 Å². The molecular formula is C10H12ClN3O3. The van der Waals surface area contributed by atoms with E-state index in [-0.39, 0.29) is 5.02 Å². The molecule has 0 unspecified atom stereocenters. The van der Waals surface area contributed by atoms with Crippen LogP contribution in [0.15, 0.2) is 11.0 Å². The van der Waals surface area contributed by atoms with Gasteiger partial charge in [-0.05, 0) is 12.8 Å². The van der Waals surface area contributed by atoms with Gasteiger partial charge in [-0.1, -0.05) is 11.6 Å². The summed E-state index contributed by atoms with van der Waals surface area (Å²) in [6.45, 7) is 1.23. The standard InChI is InChI=1S/C10H12ClN3O3/c11-9-7(13-3-1-2-4-13)5-12-14(10(9)17)6-8(15)16/h5H,1-4,6H2,(H,15,16). The number of carboxylic acid groups (broad SMARTS) is 1. The predicted octanol–water partition coefficient (Wildman–Crippen LogP) is 0.581. The number of hydrogen-bond donors (Lipinski definition) is 1. The van der Waals surface area contributed by atoms with E-state index in [1.165, 1.54) is 6.20 Å². The molecular weight excluding hydrogens is 246 g/mol. The number of rotatable bonds is 3. The summed E-state index contributed by atoms with van der Waals surface area (Å²) in [6, 6.07) is 0. The fourth-order valence-corrected chi connectivity index (χ4v) is 2.14. The molecule has 0 aliphatic carbocycles. The Kier molecular flexibility index (Phi) is 3.33. The van der Waals surface area contributed by atoms with E-state index in [4.69, 9.17) is 16.7 Å². The zero-order valence-electron chi connectivity index (χ0n) is 9.10. The van der Waals surface area contributed by atoms with Gasteiger partial charge in [-0.2, -0.15) is 5.10 Å². The third-order valence-corrected chi connectivity index (χ3v) is 3.05. The number of nitrogens with zero attached hydrogens (tertiary/aromatic N) is 3. The van der Waals surface area contributed by atoms with Crippen molar-refractivity contribution in [2.75, 3.05) is 18.0 Å². The minimum atomic E-state index is -1.12. The zero-order chi connectivity index (χ0) is 12.4. The molecule has 0 aromatic carbocycles. The van der Waals surface area contributed by atoms with E-state index in [0.717, 1.165) is 30.6 Å². The summed E-state index contributed by atoms with van der Waals surface area (Å²) in [4.78, 5) is 24.3. The van der Waals surface area contributed by atoms with Gasteiger partial charge in [0.2, 0.25) is 0 Å². The van der Waals surface area contributed by atoms with Gasteiger partial charge in [0.05, 0.1) is 11.9 Å². The van der Waals surface area contributed by atoms with Crippen LogP contribution in [0.5, 0.6) is 0 Å². The van der Waals surface area contributed by atoms with E-state index in [1.807, 2.05) is 4.90 Å². The summed E-state index contributed by atoms with van der Waals surface area (Å²) in [5.41, 5.74) is 0.0364. The summed E-state index contributed by atoms with van der Waals surface area (Å²) >= 11 is 5.95. The molecule has 1 aromatic heterocycles. The lowest BCUT2D eigenvalue weighted by Gasteiger charge is -2.18. The van der Waals surface area contributed by atoms with Gasteiger partial charge in [-0.25, -0.2) is 4.68 Å². The summed E-state index contributed by atoms with van der Waals surface area (Å²) in [5.74, 6) is -1.12. The Hall–Kier alpha value is -1.56. The van der Waals surface area contributed by atoms with E-state index < -0.39 is 18.1 Å². The quantitative estimate of drug-likeness (QED) is 0.857. The number of carbonyl (C=O) groups is 1. The van der Waals surface area contributed by atoms with E-state index in [0.29, 0.717) is 5.69 Å². The van der Waals surface area contributed by atoms with Crippen LogP contribution in [0.3, 0.4) is 0 Å². The van der Waals surface area contributed by atoms with Crippen LogP contribution in [0, 0.1) is 0 Å². The van der Waals surface area contributed by atoms with Crippen LogP contribution in [0.1, 0.15) is 12.8 Å². The van der Waals surface area contributed by atoms with Crippen LogP contribution in [0.25, 0.3) is 0 Å². The number of anilines is 1. The van der Waals surface area contributed by atoms with E-state index in [9.17, 15) is 9.59 Å². The van der Waals surface area contributed by atoms with E-state index in [2.05, 4.69) is 5.10 Å². The zero-order valence-corrected chi connectivity index (χ0v) is 9.85. The van der Waals surface area contributed by atoms with Crippen molar-refractivity contribution in [3.05, 3.63) is 21.6 Å². The lowest BCUT2D eigenvalue weighted by molar-refractivity contribution is -0.138. The highest BCUT2D eigenvalue weighted by Crippen LogP contribution is 2.24. The van der Waals surface area contributed by atoms with Crippen LogP contribution < -0.4 is 10.5 Å². The number of aliphatic carboxylic acids is 1. The first-order valence-electron chi connectivity index (χ1n) is 5.32. The van der Waals surface area contributed by atoms with Crippen molar-refractivity contribution in [1.82, 2.24) is 9.78 Å². The van der Waals surface area contributed by atoms with Crippen LogP contribution in [0.4, 0.5) is 5.69 Å². The molecule has 0 bridgehead atoms. The highest BCUT2D eigenvalue weighted by molar-refractivity contribution is 6.33. The summed E-state index contributed by atoms with van der Waals surface area (Å²) in [5, 5.41) is 12.5. The first-order valence-corrected chi connectivity index (χ1v) is 5.70. The van der Waals surface area contributed by atoms with Crippen molar-refractivity contribution in [2.24, 2.45) is 0 Å². The second kappa shape index (κ2) is 4.75. The SMILES string of the molecule is O=C(O)Cn1ncc(N2CCCC2)c(Cl)c1=O. The van der Waals surface area contributed by atoms with Gasteiger partial charge in [0.25, 0.3) is 5.56 Å². The van der Waals surface area contributed by atoms with Crippen LogP contribution in [-0.2, 0) is 11.3 Å². The van der Waals surface area contributed by atoms with Gasteiger partial charge in [0.15, 0.2) is 0 Å². The van der Waals surface area contributed by atoms with Gasteiger partial charge in [0, 0.05) is 13.1 Å². The molecule has 0 amide bonds. The third kappa shape index (κ3) is 2.41. The monoisotopic (exact) mass is 257 g/mol. The Bertz CT molecular complexity index is 494. The number of carboxylic acids is 1. The first kappa shape index (κ1) is 11.9. The molecule has 2 heterocycles. The first-order chi connectivity index (χ1) is 8.09. The third-order valence-electron chi connectivity index (χ3n) is 2.70. The fraction of sp³-hybridized carbons (Fsp3) is 0.500. The van der Waals surface area contributed by atoms with Gasteiger partial charge in [-0.15, -0.1) is 0 Å². The molecule has 1 aliphatic heterocycles. The second-order valence-corrected chi connectivity index (χ2v) is 4.27. The molecule has 2 rings (SSSR count). The van der Waals surface area contributed by atoms with Gasteiger partial charge >= 0.3 is 5.97 Å². The molecule has 0 spiro atoms. The lowest BCUT2D eigenvalue weighted by Crippen LogP contribution is -2.29. The summed E-state index contributed by atoms with van der Waals surface area (Å²) < 4.78 is 0.851. The molecule has 6 nitrogen and oxygen atoms in total. The maximum absolute atomic E-state index is 11.8. The Morgan fingerprint density at radius 1 is 1.47 bits per heavy atom. The molecule has 0 radical (unpaired) electrons. The molecule has 0 saturated carbocycles. The van der Waals surface area contributed by atoms with Crippen molar-refractivity contribution in [3.63, 3.8) is 0 Å². The minimum absolute atomic E-state index is 0.0446. The van der Waals surface area contributed by atoms with Crippen LogP contribution >= 0.6 is 11.6 Å². The molecule has 17 heavy (non-hydrogen) atoms. The summed E-state index contributed by atoms with van der Waals surface area (Å²) in [6.07, 6.45) is 3.58. The van der Waals surface area contributed by atoms with Gasteiger partial charge in [0.1, 0.15) is 11.6 Å².